The van der Waals surface area contributed by atoms with Crippen molar-refractivity contribution in [3.8, 4) is 5.75 Å². The largest absolute Gasteiger partial charge is 0.497 e. The number of carbonyl (C=O) groups excluding carboxylic acids is 2. The van der Waals surface area contributed by atoms with Crippen LogP contribution in [-0.2, 0) is 16.1 Å². The first-order valence-corrected chi connectivity index (χ1v) is 11.4. The third kappa shape index (κ3) is 5.68. The van der Waals surface area contributed by atoms with Crippen LogP contribution in [0.25, 0.3) is 0 Å². The zero-order chi connectivity index (χ0) is 21.6. The maximum absolute atomic E-state index is 12.9. The molecule has 0 unspecified atom stereocenters. The molecular formula is C23H34N4O4. The summed E-state index contributed by atoms with van der Waals surface area (Å²) in [6.07, 6.45) is 3.40. The number of methoxy groups -OCH3 is 1. The van der Waals surface area contributed by atoms with Crippen molar-refractivity contribution in [3.63, 3.8) is 0 Å². The first kappa shape index (κ1) is 21.9. The molecule has 2 N–H and O–H groups in total. The molecule has 0 bridgehead atoms. The number of ether oxygens (including phenoxy) is 2. The van der Waals surface area contributed by atoms with E-state index >= 15 is 0 Å². The predicted octanol–water partition coefficient (Wildman–Crippen LogP) is 1.60. The van der Waals surface area contributed by atoms with E-state index in [2.05, 4.69) is 15.5 Å². The molecule has 1 aromatic carbocycles. The summed E-state index contributed by atoms with van der Waals surface area (Å²) in [5.41, 5.74) is 1.02. The quantitative estimate of drug-likeness (QED) is 0.716. The molecule has 3 fully saturated rings. The van der Waals surface area contributed by atoms with Crippen molar-refractivity contribution >= 4 is 11.9 Å². The van der Waals surface area contributed by atoms with Crippen LogP contribution >= 0.6 is 0 Å². The van der Waals surface area contributed by atoms with Gasteiger partial charge in [-0.15, -0.1) is 0 Å². The maximum Gasteiger partial charge on any atom is 0.315 e. The Hall–Kier alpha value is -2.32. The van der Waals surface area contributed by atoms with E-state index in [1.54, 1.807) is 7.11 Å². The summed E-state index contributed by atoms with van der Waals surface area (Å²) in [4.78, 5) is 29.7. The van der Waals surface area contributed by atoms with E-state index in [0.717, 1.165) is 76.4 Å². The standard InChI is InChI=1S/C23H34N4O4/c1-30-21-8-2-17(3-9-21)14-24-23(29)25-19-6-4-18(5-7-19)22(28)27-12-10-26(11-13-27)20-15-31-16-20/h2-3,8-9,18-20H,4-7,10-16H2,1H3,(H2,24,25,29). The van der Waals surface area contributed by atoms with Gasteiger partial charge in [-0.25, -0.2) is 4.79 Å². The second kappa shape index (κ2) is 10.3. The van der Waals surface area contributed by atoms with Gasteiger partial charge in [0.05, 0.1) is 26.4 Å². The van der Waals surface area contributed by atoms with Crippen LogP contribution in [-0.4, -0.2) is 80.3 Å². The van der Waals surface area contributed by atoms with E-state index in [1.807, 2.05) is 29.2 Å². The molecule has 3 amide bonds. The number of hydrogen-bond donors (Lipinski definition) is 2. The molecular weight excluding hydrogens is 396 g/mol. The van der Waals surface area contributed by atoms with Crippen LogP contribution in [0.1, 0.15) is 31.2 Å². The number of amides is 3. The lowest BCUT2D eigenvalue weighted by molar-refractivity contribution is -0.140. The summed E-state index contributed by atoms with van der Waals surface area (Å²) in [5, 5.41) is 5.98. The molecule has 0 radical (unpaired) electrons. The Labute approximate surface area is 184 Å². The molecule has 1 aliphatic carbocycles. The summed E-state index contributed by atoms with van der Waals surface area (Å²) >= 11 is 0. The van der Waals surface area contributed by atoms with Crippen LogP contribution in [0, 0.1) is 5.92 Å². The Morgan fingerprint density at radius 1 is 1.03 bits per heavy atom. The summed E-state index contributed by atoms with van der Waals surface area (Å²) in [5.74, 6) is 1.19. The number of rotatable bonds is 6. The van der Waals surface area contributed by atoms with Gasteiger partial charge in [0.2, 0.25) is 5.91 Å². The molecule has 2 aliphatic heterocycles. The lowest BCUT2D eigenvalue weighted by Crippen LogP contribution is -2.58. The van der Waals surface area contributed by atoms with Crippen LogP contribution in [0.2, 0.25) is 0 Å². The second-order valence-electron chi connectivity index (χ2n) is 8.78. The minimum atomic E-state index is -0.151. The van der Waals surface area contributed by atoms with Crippen molar-refractivity contribution in [2.45, 2.75) is 44.3 Å². The number of urea groups is 1. The van der Waals surface area contributed by atoms with Gasteiger partial charge in [0.15, 0.2) is 0 Å². The smallest absolute Gasteiger partial charge is 0.315 e. The van der Waals surface area contributed by atoms with E-state index in [4.69, 9.17) is 9.47 Å². The number of benzene rings is 1. The lowest BCUT2D eigenvalue weighted by Gasteiger charge is -2.43. The summed E-state index contributed by atoms with van der Waals surface area (Å²) in [6.45, 7) is 5.68. The van der Waals surface area contributed by atoms with Crippen LogP contribution in [0.15, 0.2) is 24.3 Å². The molecule has 31 heavy (non-hydrogen) atoms. The molecule has 8 nitrogen and oxygen atoms in total. The fourth-order valence-corrected chi connectivity index (χ4v) is 4.65. The monoisotopic (exact) mass is 430 g/mol. The summed E-state index contributed by atoms with van der Waals surface area (Å²) in [7, 11) is 1.63. The highest BCUT2D eigenvalue weighted by Crippen LogP contribution is 2.27. The van der Waals surface area contributed by atoms with Crippen molar-refractivity contribution in [1.29, 1.82) is 0 Å². The Kier molecular flexibility index (Phi) is 7.29. The minimum absolute atomic E-state index is 0.0963. The van der Waals surface area contributed by atoms with Crippen LogP contribution in [0.3, 0.4) is 0 Å². The molecule has 0 spiro atoms. The fraction of sp³-hybridized carbons (Fsp3) is 0.652. The second-order valence-corrected chi connectivity index (χ2v) is 8.78. The highest BCUT2D eigenvalue weighted by molar-refractivity contribution is 5.79. The van der Waals surface area contributed by atoms with E-state index in [0.29, 0.717) is 18.5 Å². The zero-order valence-corrected chi connectivity index (χ0v) is 18.3. The normalized spacial score (nSPS) is 24.9. The molecule has 170 valence electrons. The minimum Gasteiger partial charge on any atom is -0.497 e. The highest BCUT2D eigenvalue weighted by atomic mass is 16.5. The van der Waals surface area contributed by atoms with Crippen molar-refractivity contribution in [3.05, 3.63) is 29.8 Å². The van der Waals surface area contributed by atoms with E-state index < -0.39 is 0 Å². The van der Waals surface area contributed by atoms with E-state index in [-0.39, 0.29) is 18.0 Å². The van der Waals surface area contributed by atoms with Gasteiger partial charge in [0, 0.05) is 44.7 Å². The van der Waals surface area contributed by atoms with Gasteiger partial charge in [0.1, 0.15) is 5.75 Å². The molecule has 4 rings (SSSR count). The molecule has 3 aliphatic rings. The van der Waals surface area contributed by atoms with Crippen LogP contribution in [0.4, 0.5) is 4.79 Å². The Morgan fingerprint density at radius 3 is 2.29 bits per heavy atom. The van der Waals surface area contributed by atoms with E-state index in [1.165, 1.54) is 0 Å². The summed E-state index contributed by atoms with van der Waals surface area (Å²) < 4.78 is 10.4. The van der Waals surface area contributed by atoms with Crippen molar-refractivity contribution < 1.29 is 19.1 Å². The average Bonchev–Trinajstić information content (AvgIpc) is 2.77. The third-order valence-corrected chi connectivity index (χ3v) is 6.79. The van der Waals surface area contributed by atoms with Crippen LogP contribution < -0.4 is 15.4 Å². The van der Waals surface area contributed by atoms with Crippen molar-refractivity contribution in [2.75, 3.05) is 46.5 Å². The first-order valence-electron chi connectivity index (χ1n) is 11.4. The molecule has 1 saturated carbocycles. The Morgan fingerprint density at radius 2 is 1.71 bits per heavy atom. The van der Waals surface area contributed by atoms with Crippen LogP contribution in [0.5, 0.6) is 5.75 Å². The molecule has 0 atom stereocenters. The van der Waals surface area contributed by atoms with Gasteiger partial charge in [-0.3, -0.25) is 9.69 Å². The first-order chi connectivity index (χ1) is 15.1. The van der Waals surface area contributed by atoms with Gasteiger partial charge in [-0.05, 0) is 43.4 Å². The number of carbonyl (C=O) groups is 2. The van der Waals surface area contributed by atoms with Gasteiger partial charge in [-0.1, -0.05) is 12.1 Å². The maximum atomic E-state index is 12.9. The zero-order valence-electron chi connectivity index (χ0n) is 18.3. The predicted molar refractivity (Wildman–Crippen MR) is 117 cm³/mol. The lowest BCUT2D eigenvalue weighted by atomic mass is 9.85. The topological polar surface area (TPSA) is 83.1 Å². The number of nitrogens with one attached hydrogen (secondary N) is 2. The third-order valence-electron chi connectivity index (χ3n) is 6.79. The Bertz CT molecular complexity index is 736. The molecule has 1 aromatic rings. The number of hydrogen-bond acceptors (Lipinski definition) is 5. The SMILES string of the molecule is COc1ccc(CNC(=O)NC2CCC(C(=O)N3CCN(C4COC4)CC3)CC2)cc1. The van der Waals surface area contributed by atoms with Gasteiger partial charge < -0.3 is 25.0 Å². The highest BCUT2D eigenvalue weighted by Gasteiger charge is 2.34. The number of piperazine rings is 1. The van der Waals surface area contributed by atoms with Gasteiger partial charge in [-0.2, -0.15) is 0 Å². The fourth-order valence-electron chi connectivity index (χ4n) is 4.65. The van der Waals surface area contributed by atoms with Gasteiger partial charge in [0.25, 0.3) is 0 Å². The molecule has 2 saturated heterocycles. The summed E-state index contributed by atoms with van der Waals surface area (Å²) in [6, 6.07) is 8.18. The van der Waals surface area contributed by atoms with Gasteiger partial charge >= 0.3 is 6.03 Å². The average molecular weight is 431 g/mol. The van der Waals surface area contributed by atoms with Crippen molar-refractivity contribution in [2.24, 2.45) is 5.92 Å². The number of nitrogens with zero attached hydrogens (tertiary/aromatic N) is 2. The molecule has 8 heteroatoms. The molecule has 0 aromatic heterocycles. The Balaban J connectivity index is 1.14. The van der Waals surface area contributed by atoms with Crippen molar-refractivity contribution in [1.82, 2.24) is 20.4 Å². The molecule has 2 heterocycles. The van der Waals surface area contributed by atoms with E-state index in [9.17, 15) is 9.59 Å².